The molecule has 0 aliphatic heterocycles. The first-order valence-electron chi connectivity index (χ1n) is 5.03. The van der Waals surface area contributed by atoms with Crippen LogP contribution in [0.3, 0.4) is 0 Å². The molecule has 15 heavy (non-hydrogen) atoms. The number of hydrogen-bond acceptors (Lipinski definition) is 4. The first-order chi connectivity index (χ1) is 7.04. The standard InChI is InChI=1S/C9H16N2O3S/c10-6-7-15(13,14)11-9(8-12)4-2-1-3-5-9/h11-12H,1-5,7-8H2. The fraction of sp³-hybridized carbons (Fsp3) is 0.889. The third-order valence-corrected chi connectivity index (χ3v) is 3.99. The predicted molar refractivity (Wildman–Crippen MR) is 55.4 cm³/mol. The predicted octanol–water partition coefficient (Wildman–Crippen LogP) is 0.125. The Morgan fingerprint density at radius 1 is 1.33 bits per heavy atom. The second kappa shape index (κ2) is 4.92. The van der Waals surface area contributed by atoms with Gasteiger partial charge in [-0.3, -0.25) is 0 Å². The van der Waals surface area contributed by atoms with Crippen LogP contribution in [0.4, 0.5) is 0 Å². The van der Waals surface area contributed by atoms with Crippen molar-refractivity contribution in [1.29, 1.82) is 5.26 Å². The van der Waals surface area contributed by atoms with Gasteiger partial charge >= 0.3 is 0 Å². The van der Waals surface area contributed by atoms with Crippen molar-refractivity contribution in [2.24, 2.45) is 0 Å². The summed E-state index contributed by atoms with van der Waals surface area (Å²) in [5, 5.41) is 17.6. The van der Waals surface area contributed by atoms with Crippen LogP contribution in [0.5, 0.6) is 0 Å². The van der Waals surface area contributed by atoms with Crippen molar-refractivity contribution in [2.45, 2.75) is 37.6 Å². The zero-order chi connectivity index (χ0) is 11.4. The number of nitrogens with one attached hydrogen (secondary N) is 1. The lowest BCUT2D eigenvalue weighted by Crippen LogP contribution is -2.52. The third kappa shape index (κ3) is 3.45. The number of hydrogen-bond donors (Lipinski definition) is 2. The van der Waals surface area contributed by atoms with Crippen LogP contribution in [0.1, 0.15) is 32.1 Å². The van der Waals surface area contributed by atoms with E-state index < -0.39 is 21.3 Å². The fourth-order valence-electron chi connectivity index (χ4n) is 1.97. The SMILES string of the molecule is N#CCS(=O)(=O)NC1(CO)CCCCC1. The van der Waals surface area contributed by atoms with E-state index >= 15 is 0 Å². The zero-order valence-corrected chi connectivity index (χ0v) is 9.39. The van der Waals surface area contributed by atoms with Crippen LogP contribution in [-0.4, -0.2) is 31.4 Å². The lowest BCUT2D eigenvalue weighted by atomic mass is 9.83. The highest BCUT2D eigenvalue weighted by molar-refractivity contribution is 7.89. The minimum absolute atomic E-state index is 0.197. The maximum atomic E-state index is 11.4. The van der Waals surface area contributed by atoms with Gasteiger partial charge in [0.1, 0.15) is 0 Å². The van der Waals surface area contributed by atoms with E-state index in [4.69, 9.17) is 5.26 Å². The number of aliphatic hydroxyl groups is 1. The van der Waals surface area contributed by atoms with Crippen LogP contribution < -0.4 is 4.72 Å². The first-order valence-corrected chi connectivity index (χ1v) is 6.68. The van der Waals surface area contributed by atoms with Gasteiger partial charge in [-0.05, 0) is 12.8 Å². The van der Waals surface area contributed by atoms with E-state index in [1.807, 2.05) is 0 Å². The molecular weight excluding hydrogens is 216 g/mol. The maximum absolute atomic E-state index is 11.4. The molecule has 0 aromatic heterocycles. The van der Waals surface area contributed by atoms with Gasteiger partial charge in [-0.1, -0.05) is 19.3 Å². The third-order valence-electron chi connectivity index (χ3n) is 2.74. The average Bonchev–Trinajstić information content (AvgIpc) is 2.18. The van der Waals surface area contributed by atoms with Crippen LogP contribution in [0, 0.1) is 11.3 Å². The summed E-state index contributed by atoms with van der Waals surface area (Å²) in [6.45, 7) is -0.197. The van der Waals surface area contributed by atoms with Gasteiger partial charge in [0.25, 0.3) is 0 Å². The van der Waals surface area contributed by atoms with E-state index in [2.05, 4.69) is 4.72 Å². The van der Waals surface area contributed by atoms with E-state index in [1.54, 1.807) is 6.07 Å². The number of nitriles is 1. The molecule has 86 valence electrons. The Balaban J connectivity index is 2.72. The van der Waals surface area contributed by atoms with E-state index in [1.165, 1.54) is 0 Å². The molecule has 0 unspecified atom stereocenters. The quantitative estimate of drug-likeness (QED) is 0.720. The van der Waals surface area contributed by atoms with Crippen molar-refractivity contribution in [2.75, 3.05) is 12.4 Å². The summed E-state index contributed by atoms with van der Waals surface area (Å²) in [6.07, 6.45) is 4.19. The molecule has 0 aromatic carbocycles. The van der Waals surface area contributed by atoms with Crippen molar-refractivity contribution in [1.82, 2.24) is 4.72 Å². The monoisotopic (exact) mass is 232 g/mol. The van der Waals surface area contributed by atoms with E-state index in [0.29, 0.717) is 12.8 Å². The van der Waals surface area contributed by atoms with Crippen LogP contribution in [0.25, 0.3) is 0 Å². The molecule has 0 atom stereocenters. The highest BCUT2D eigenvalue weighted by atomic mass is 32.2. The summed E-state index contributed by atoms with van der Waals surface area (Å²) in [4.78, 5) is 0. The topological polar surface area (TPSA) is 90.2 Å². The van der Waals surface area contributed by atoms with Gasteiger partial charge < -0.3 is 5.11 Å². The first kappa shape index (κ1) is 12.4. The summed E-state index contributed by atoms with van der Waals surface area (Å²) in [5.74, 6) is -0.547. The van der Waals surface area contributed by atoms with Gasteiger partial charge in [-0.2, -0.15) is 5.26 Å². The Morgan fingerprint density at radius 2 is 1.93 bits per heavy atom. The number of rotatable bonds is 4. The lowest BCUT2D eigenvalue weighted by molar-refractivity contribution is 0.142. The highest BCUT2D eigenvalue weighted by Crippen LogP contribution is 2.28. The Bertz CT molecular complexity index is 339. The minimum atomic E-state index is -3.57. The van der Waals surface area contributed by atoms with E-state index in [0.717, 1.165) is 19.3 Å². The minimum Gasteiger partial charge on any atom is -0.394 e. The van der Waals surface area contributed by atoms with Crippen LogP contribution >= 0.6 is 0 Å². The molecule has 5 nitrogen and oxygen atoms in total. The zero-order valence-electron chi connectivity index (χ0n) is 8.57. The van der Waals surface area contributed by atoms with Crippen molar-refractivity contribution in [3.63, 3.8) is 0 Å². The van der Waals surface area contributed by atoms with Gasteiger partial charge in [0.15, 0.2) is 5.75 Å². The van der Waals surface area contributed by atoms with E-state index in [-0.39, 0.29) is 6.61 Å². The molecule has 0 amide bonds. The van der Waals surface area contributed by atoms with Crippen LogP contribution in [0.2, 0.25) is 0 Å². The summed E-state index contributed by atoms with van der Waals surface area (Å²) < 4.78 is 25.3. The molecule has 6 heteroatoms. The van der Waals surface area contributed by atoms with Gasteiger partial charge in [0.05, 0.1) is 18.2 Å². The maximum Gasteiger partial charge on any atom is 0.225 e. The Kier molecular flexibility index (Phi) is 4.08. The number of aliphatic hydroxyl groups excluding tert-OH is 1. The molecule has 0 radical (unpaired) electrons. The highest BCUT2D eigenvalue weighted by Gasteiger charge is 2.35. The van der Waals surface area contributed by atoms with Gasteiger partial charge in [-0.25, -0.2) is 13.1 Å². The number of nitrogens with zero attached hydrogens (tertiary/aromatic N) is 1. The van der Waals surface area contributed by atoms with Crippen molar-refractivity contribution < 1.29 is 13.5 Å². The molecule has 2 N–H and O–H groups in total. The van der Waals surface area contributed by atoms with Gasteiger partial charge in [0.2, 0.25) is 10.0 Å². The van der Waals surface area contributed by atoms with E-state index in [9.17, 15) is 13.5 Å². The summed E-state index contributed by atoms with van der Waals surface area (Å²) in [6, 6.07) is 1.61. The second-order valence-corrected chi connectivity index (χ2v) is 5.74. The molecule has 0 saturated heterocycles. The summed E-state index contributed by atoms with van der Waals surface area (Å²) >= 11 is 0. The Morgan fingerprint density at radius 3 is 2.40 bits per heavy atom. The number of sulfonamides is 1. The molecule has 0 bridgehead atoms. The second-order valence-electron chi connectivity index (χ2n) is 4.02. The molecule has 1 aliphatic rings. The smallest absolute Gasteiger partial charge is 0.225 e. The van der Waals surface area contributed by atoms with Gasteiger partial charge in [0, 0.05) is 0 Å². The average molecular weight is 232 g/mol. The molecule has 1 saturated carbocycles. The van der Waals surface area contributed by atoms with Gasteiger partial charge in [-0.15, -0.1) is 0 Å². The molecule has 1 fully saturated rings. The van der Waals surface area contributed by atoms with Crippen molar-refractivity contribution >= 4 is 10.0 Å². The Hall–Kier alpha value is -0.640. The molecule has 0 spiro atoms. The van der Waals surface area contributed by atoms with Crippen molar-refractivity contribution in [3.8, 4) is 6.07 Å². The Labute approximate surface area is 90.2 Å². The molecule has 0 aromatic rings. The van der Waals surface area contributed by atoms with Crippen LogP contribution in [-0.2, 0) is 10.0 Å². The summed E-state index contributed by atoms with van der Waals surface area (Å²) in [5.41, 5.74) is -0.728. The molecule has 1 rings (SSSR count). The molecular formula is C9H16N2O3S. The summed E-state index contributed by atoms with van der Waals surface area (Å²) in [7, 11) is -3.57. The lowest BCUT2D eigenvalue weighted by Gasteiger charge is -2.35. The van der Waals surface area contributed by atoms with Crippen LogP contribution in [0.15, 0.2) is 0 Å². The normalized spacial score (nSPS) is 20.8. The molecule has 0 heterocycles. The molecule has 1 aliphatic carbocycles. The van der Waals surface area contributed by atoms with Crippen molar-refractivity contribution in [3.05, 3.63) is 0 Å². The largest absolute Gasteiger partial charge is 0.394 e. The fourth-order valence-corrected chi connectivity index (χ4v) is 3.14.